The Balaban J connectivity index is 2.37. The zero-order valence-electron chi connectivity index (χ0n) is 13.0. The number of nitrogens with one attached hydrogen (secondary N) is 1. The van der Waals surface area contributed by atoms with Crippen LogP contribution in [0.5, 0.6) is 0 Å². The third-order valence-corrected chi connectivity index (χ3v) is 3.87. The van der Waals surface area contributed by atoms with Gasteiger partial charge in [0.1, 0.15) is 5.76 Å². The molecule has 1 aromatic rings. The van der Waals surface area contributed by atoms with Crippen molar-refractivity contribution in [3.8, 4) is 0 Å². The van der Waals surface area contributed by atoms with Crippen LogP contribution in [-0.4, -0.2) is 17.6 Å². The molecule has 0 spiro atoms. The van der Waals surface area contributed by atoms with Gasteiger partial charge in [0, 0.05) is 18.5 Å². The highest BCUT2D eigenvalue weighted by molar-refractivity contribution is 5.75. The van der Waals surface area contributed by atoms with E-state index in [-0.39, 0.29) is 5.91 Å². The lowest BCUT2D eigenvalue weighted by atomic mass is 9.88. The van der Waals surface area contributed by atoms with Gasteiger partial charge in [-0.3, -0.25) is 4.79 Å². The Kier molecular flexibility index (Phi) is 6.71. The molecule has 0 saturated heterocycles. The van der Waals surface area contributed by atoms with Crippen LogP contribution in [0, 0.1) is 25.7 Å². The van der Waals surface area contributed by atoms with E-state index in [0.717, 1.165) is 29.9 Å². The second kappa shape index (κ2) is 8.04. The molecular weight excluding hydrogens is 254 g/mol. The van der Waals surface area contributed by atoms with Crippen molar-refractivity contribution < 1.29 is 9.32 Å². The fraction of sp³-hybridized carbons (Fsp3) is 0.733. The van der Waals surface area contributed by atoms with Crippen molar-refractivity contribution >= 4 is 5.91 Å². The fourth-order valence-electron chi connectivity index (χ4n) is 2.37. The molecule has 0 bridgehead atoms. The van der Waals surface area contributed by atoms with Gasteiger partial charge in [0.2, 0.25) is 5.91 Å². The number of aromatic nitrogens is 1. The minimum Gasteiger partial charge on any atom is -0.361 e. The summed E-state index contributed by atoms with van der Waals surface area (Å²) in [7, 11) is 0. The van der Waals surface area contributed by atoms with E-state index < -0.39 is 0 Å². The lowest BCUT2D eigenvalue weighted by molar-refractivity contribution is -0.121. The summed E-state index contributed by atoms with van der Waals surface area (Å²) in [6.07, 6.45) is 2.42. The fourth-order valence-corrected chi connectivity index (χ4v) is 2.37. The van der Waals surface area contributed by atoms with Gasteiger partial charge >= 0.3 is 0 Å². The highest BCUT2D eigenvalue weighted by Gasteiger charge is 2.15. The number of hydrogen-bond acceptors (Lipinski definition) is 4. The molecule has 0 aliphatic carbocycles. The van der Waals surface area contributed by atoms with E-state index in [9.17, 15) is 4.79 Å². The predicted octanol–water partition coefficient (Wildman–Crippen LogP) is 2.31. The topological polar surface area (TPSA) is 81.2 Å². The summed E-state index contributed by atoms with van der Waals surface area (Å²) in [5, 5.41) is 6.81. The number of hydrogen-bond donors (Lipinski definition) is 2. The van der Waals surface area contributed by atoms with Crippen molar-refractivity contribution in [2.45, 2.75) is 53.5 Å². The molecule has 1 rings (SSSR count). The zero-order chi connectivity index (χ0) is 15.1. The number of rotatable bonds is 8. The van der Waals surface area contributed by atoms with E-state index in [0.29, 0.717) is 31.3 Å². The Hall–Kier alpha value is -1.36. The average Bonchev–Trinajstić information content (AvgIpc) is 2.71. The lowest BCUT2D eigenvalue weighted by Gasteiger charge is -2.19. The maximum atomic E-state index is 11.9. The lowest BCUT2D eigenvalue weighted by Crippen LogP contribution is -2.25. The quantitative estimate of drug-likeness (QED) is 0.766. The minimum atomic E-state index is 0.0765. The molecule has 1 unspecified atom stereocenters. The molecule has 1 amide bonds. The number of aryl methyl sites for hydroxylation is 2. The first-order chi connectivity index (χ1) is 9.45. The third-order valence-electron chi connectivity index (χ3n) is 3.87. The normalized spacial score (nSPS) is 12.7. The van der Waals surface area contributed by atoms with E-state index >= 15 is 0 Å². The van der Waals surface area contributed by atoms with Gasteiger partial charge in [-0.15, -0.1) is 0 Å². The van der Waals surface area contributed by atoms with E-state index in [4.69, 9.17) is 10.3 Å². The first kappa shape index (κ1) is 16.7. The van der Waals surface area contributed by atoms with Gasteiger partial charge in [-0.25, -0.2) is 0 Å². The van der Waals surface area contributed by atoms with Crippen molar-refractivity contribution in [2.24, 2.45) is 17.6 Å². The number of carbonyl (C=O) groups is 1. The molecule has 114 valence electrons. The monoisotopic (exact) mass is 281 g/mol. The van der Waals surface area contributed by atoms with Crippen LogP contribution in [0.1, 0.15) is 50.1 Å². The molecule has 1 aromatic heterocycles. The molecule has 3 N–H and O–H groups in total. The highest BCUT2D eigenvalue weighted by Crippen LogP contribution is 2.20. The van der Waals surface area contributed by atoms with Crippen LogP contribution < -0.4 is 11.1 Å². The summed E-state index contributed by atoms with van der Waals surface area (Å²) in [5.41, 5.74) is 7.42. The Labute approximate surface area is 121 Å². The molecule has 5 nitrogen and oxygen atoms in total. The van der Waals surface area contributed by atoms with Crippen molar-refractivity contribution in [3.05, 3.63) is 17.0 Å². The number of nitrogens with zero attached hydrogens (tertiary/aromatic N) is 1. The van der Waals surface area contributed by atoms with E-state index in [2.05, 4.69) is 24.3 Å². The first-order valence-corrected chi connectivity index (χ1v) is 7.34. The molecule has 0 radical (unpaired) electrons. The van der Waals surface area contributed by atoms with Crippen molar-refractivity contribution in [1.29, 1.82) is 0 Å². The summed E-state index contributed by atoms with van der Waals surface area (Å²) < 4.78 is 5.07. The molecule has 0 saturated carbocycles. The summed E-state index contributed by atoms with van der Waals surface area (Å²) >= 11 is 0. The standard InChI is InChI=1S/C15H27N3O2/c1-10(2)13(7-8-16)5-6-15(19)17-9-14-11(3)18-20-12(14)4/h10,13H,5-9,16H2,1-4H3,(H,17,19). The SMILES string of the molecule is Cc1noc(C)c1CNC(=O)CCC(CCN)C(C)C. The van der Waals surface area contributed by atoms with Gasteiger partial charge in [0.25, 0.3) is 0 Å². The first-order valence-electron chi connectivity index (χ1n) is 7.34. The molecular formula is C15H27N3O2. The van der Waals surface area contributed by atoms with Crippen LogP contribution in [0.4, 0.5) is 0 Å². The van der Waals surface area contributed by atoms with Crippen molar-refractivity contribution in [1.82, 2.24) is 10.5 Å². The molecule has 0 aliphatic heterocycles. The summed E-state index contributed by atoms with van der Waals surface area (Å²) in [6, 6.07) is 0. The second-order valence-electron chi connectivity index (χ2n) is 5.70. The molecule has 0 aliphatic rings. The van der Waals surface area contributed by atoms with Gasteiger partial charge in [-0.05, 0) is 45.1 Å². The van der Waals surface area contributed by atoms with Crippen LogP contribution in [-0.2, 0) is 11.3 Å². The van der Waals surface area contributed by atoms with Crippen LogP contribution in [0.2, 0.25) is 0 Å². The maximum absolute atomic E-state index is 11.9. The molecule has 0 fully saturated rings. The van der Waals surface area contributed by atoms with Gasteiger partial charge < -0.3 is 15.6 Å². The van der Waals surface area contributed by atoms with Gasteiger partial charge in [0.05, 0.1) is 5.69 Å². The molecule has 20 heavy (non-hydrogen) atoms. The molecule has 1 atom stereocenters. The van der Waals surface area contributed by atoms with E-state index in [1.807, 2.05) is 13.8 Å². The van der Waals surface area contributed by atoms with Crippen LogP contribution in [0.15, 0.2) is 4.52 Å². The number of carbonyl (C=O) groups excluding carboxylic acids is 1. The largest absolute Gasteiger partial charge is 0.361 e. The summed E-state index contributed by atoms with van der Waals surface area (Å²) in [4.78, 5) is 11.9. The minimum absolute atomic E-state index is 0.0765. The van der Waals surface area contributed by atoms with Crippen LogP contribution in [0.25, 0.3) is 0 Å². The number of amides is 1. The second-order valence-corrected chi connectivity index (χ2v) is 5.70. The third kappa shape index (κ3) is 4.96. The zero-order valence-corrected chi connectivity index (χ0v) is 13.0. The Morgan fingerprint density at radius 3 is 2.55 bits per heavy atom. The molecule has 1 heterocycles. The molecule has 5 heteroatoms. The van der Waals surface area contributed by atoms with Crippen LogP contribution in [0.3, 0.4) is 0 Å². The Morgan fingerprint density at radius 2 is 2.05 bits per heavy atom. The smallest absolute Gasteiger partial charge is 0.220 e. The van der Waals surface area contributed by atoms with Crippen molar-refractivity contribution in [3.63, 3.8) is 0 Å². The van der Waals surface area contributed by atoms with Gasteiger partial charge in [-0.1, -0.05) is 19.0 Å². The van der Waals surface area contributed by atoms with E-state index in [1.165, 1.54) is 0 Å². The Morgan fingerprint density at radius 1 is 1.35 bits per heavy atom. The maximum Gasteiger partial charge on any atom is 0.220 e. The average molecular weight is 281 g/mol. The number of nitrogens with two attached hydrogens (primary N) is 1. The summed E-state index contributed by atoms with van der Waals surface area (Å²) in [5.74, 6) is 1.93. The predicted molar refractivity (Wildman–Crippen MR) is 79.1 cm³/mol. The molecule has 0 aromatic carbocycles. The Bertz CT molecular complexity index is 407. The highest BCUT2D eigenvalue weighted by atomic mass is 16.5. The van der Waals surface area contributed by atoms with Crippen LogP contribution >= 0.6 is 0 Å². The summed E-state index contributed by atoms with van der Waals surface area (Å²) in [6.45, 7) is 9.28. The van der Waals surface area contributed by atoms with Crippen molar-refractivity contribution in [2.75, 3.05) is 6.54 Å². The van der Waals surface area contributed by atoms with E-state index in [1.54, 1.807) is 0 Å². The van der Waals surface area contributed by atoms with Gasteiger partial charge in [-0.2, -0.15) is 0 Å². The van der Waals surface area contributed by atoms with Gasteiger partial charge in [0.15, 0.2) is 0 Å².